The molecule has 0 bridgehead atoms. The molecular weight excluding hydrogens is 573 g/mol. The quantitative estimate of drug-likeness (QED) is 0.238. The molecule has 10 heteroatoms. The smallest absolute Gasteiger partial charge is 0.343 e. The Hall–Kier alpha value is -3.30. The molecule has 0 spiro atoms. The fourth-order valence-corrected chi connectivity index (χ4v) is 7.54. The van der Waals surface area contributed by atoms with Crippen molar-refractivity contribution in [3.8, 4) is 11.4 Å². The van der Waals surface area contributed by atoms with Gasteiger partial charge in [0, 0.05) is 29.0 Å². The molecule has 1 aromatic carbocycles. The Balaban J connectivity index is 1.45. The topological polar surface area (TPSA) is 111 Å². The highest BCUT2D eigenvalue weighted by atomic mass is 35.5. The van der Waals surface area contributed by atoms with Gasteiger partial charge in [0.1, 0.15) is 12.4 Å². The number of pyridine rings is 2. The number of aromatic nitrogens is 2. The maximum absolute atomic E-state index is 15.0. The lowest BCUT2D eigenvalue weighted by Gasteiger charge is -2.31. The van der Waals surface area contributed by atoms with E-state index in [2.05, 4.69) is 26.1 Å². The van der Waals surface area contributed by atoms with Crippen molar-refractivity contribution in [1.82, 2.24) is 14.9 Å². The van der Waals surface area contributed by atoms with Gasteiger partial charge in [-0.1, -0.05) is 45.7 Å². The largest absolute Gasteiger partial charge is 0.458 e. The summed E-state index contributed by atoms with van der Waals surface area (Å²) in [6.45, 7) is 8.23. The average Bonchev–Trinajstić information content (AvgIpc) is 3.33. The SMILES string of the molecule is CCCC(C)(C)CCCC(=O)N[C@H]1CCc2c(Cl)c(F)cc3nc4c(c1c23)Cn1c-4cc2c(c1=O)COC(=O)[C@]2(O)CC. The molecular formula is C33H37ClFN3O5. The predicted molar refractivity (Wildman–Crippen MR) is 161 cm³/mol. The van der Waals surface area contributed by atoms with Gasteiger partial charge in [0.05, 0.1) is 40.1 Å². The van der Waals surface area contributed by atoms with Gasteiger partial charge in [-0.3, -0.25) is 9.59 Å². The van der Waals surface area contributed by atoms with Crippen LogP contribution in [0.5, 0.6) is 0 Å². The van der Waals surface area contributed by atoms with E-state index in [9.17, 15) is 23.9 Å². The molecule has 8 nitrogen and oxygen atoms in total. The van der Waals surface area contributed by atoms with E-state index in [1.54, 1.807) is 17.6 Å². The number of hydrogen-bond acceptors (Lipinski definition) is 6. The molecule has 2 atom stereocenters. The Morgan fingerprint density at radius 2 is 2.00 bits per heavy atom. The minimum atomic E-state index is -1.95. The van der Waals surface area contributed by atoms with Crippen LogP contribution in [0, 0.1) is 11.2 Å². The average molecular weight is 610 g/mol. The lowest BCUT2D eigenvalue weighted by atomic mass is 9.82. The van der Waals surface area contributed by atoms with Crippen LogP contribution >= 0.6 is 11.6 Å². The van der Waals surface area contributed by atoms with Gasteiger partial charge in [-0.2, -0.15) is 0 Å². The molecule has 4 heterocycles. The van der Waals surface area contributed by atoms with Gasteiger partial charge in [-0.15, -0.1) is 0 Å². The highest BCUT2D eigenvalue weighted by molar-refractivity contribution is 6.32. The number of cyclic esters (lactones) is 1. The van der Waals surface area contributed by atoms with Crippen LogP contribution in [-0.4, -0.2) is 26.5 Å². The first-order valence-electron chi connectivity index (χ1n) is 15.2. The van der Waals surface area contributed by atoms with Crippen LogP contribution in [0.25, 0.3) is 22.3 Å². The molecule has 0 saturated heterocycles. The summed E-state index contributed by atoms with van der Waals surface area (Å²) in [4.78, 5) is 44.4. The monoisotopic (exact) mass is 609 g/mol. The summed E-state index contributed by atoms with van der Waals surface area (Å²) < 4.78 is 21.7. The van der Waals surface area contributed by atoms with Gasteiger partial charge >= 0.3 is 5.97 Å². The zero-order chi connectivity index (χ0) is 30.8. The Morgan fingerprint density at radius 1 is 1.23 bits per heavy atom. The maximum atomic E-state index is 15.0. The number of halogens is 2. The van der Waals surface area contributed by atoms with E-state index in [0.29, 0.717) is 47.1 Å². The first kappa shape index (κ1) is 29.8. The number of hydrogen-bond donors (Lipinski definition) is 2. The number of benzene rings is 1. The lowest BCUT2D eigenvalue weighted by molar-refractivity contribution is -0.172. The van der Waals surface area contributed by atoms with E-state index < -0.39 is 17.4 Å². The van der Waals surface area contributed by atoms with Gasteiger partial charge in [-0.05, 0) is 61.1 Å². The molecule has 228 valence electrons. The number of fused-ring (bicyclic) bond motifs is 5. The first-order chi connectivity index (χ1) is 20.4. The number of ether oxygens (including phenoxy) is 1. The van der Waals surface area contributed by atoms with Gasteiger partial charge in [0.25, 0.3) is 5.56 Å². The minimum absolute atomic E-state index is 0.0295. The number of esters is 1. The number of nitrogens with one attached hydrogen (secondary N) is 1. The summed E-state index contributed by atoms with van der Waals surface area (Å²) in [5, 5.41) is 15.2. The fraction of sp³-hybridized carbons (Fsp3) is 0.515. The molecule has 6 rings (SSSR count). The molecule has 2 aromatic heterocycles. The predicted octanol–water partition coefficient (Wildman–Crippen LogP) is 5.97. The number of nitrogens with zero attached hydrogens (tertiary/aromatic N) is 2. The van der Waals surface area contributed by atoms with Crippen LogP contribution in [0.3, 0.4) is 0 Å². The van der Waals surface area contributed by atoms with Crippen molar-refractivity contribution in [3.05, 3.63) is 61.1 Å². The van der Waals surface area contributed by atoms with Gasteiger partial charge in [0.15, 0.2) is 5.60 Å². The summed E-state index contributed by atoms with van der Waals surface area (Å²) in [5.74, 6) is -1.43. The Kier molecular flexibility index (Phi) is 7.40. The third-order valence-corrected chi connectivity index (χ3v) is 9.97. The molecule has 0 fully saturated rings. The van der Waals surface area contributed by atoms with Crippen molar-refractivity contribution >= 4 is 34.4 Å². The van der Waals surface area contributed by atoms with Crippen molar-refractivity contribution in [3.63, 3.8) is 0 Å². The minimum Gasteiger partial charge on any atom is -0.458 e. The Bertz CT molecular complexity index is 1750. The summed E-state index contributed by atoms with van der Waals surface area (Å²) >= 11 is 6.46. The molecule has 1 aliphatic carbocycles. The molecule has 43 heavy (non-hydrogen) atoms. The zero-order valence-corrected chi connectivity index (χ0v) is 25.8. The van der Waals surface area contributed by atoms with Crippen molar-refractivity contribution in [2.45, 2.75) is 104 Å². The van der Waals surface area contributed by atoms with Gasteiger partial charge in [0.2, 0.25) is 5.91 Å². The number of rotatable bonds is 8. The Morgan fingerprint density at radius 3 is 2.72 bits per heavy atom. The number of amides is 1. The second-order valence-electron chi connectivity index (χ2n) is 12.9. The van der Waals surface area contributed by atoms with E-state index in [1.807, 2.05) is 0 Å². The van der Waals surface area contributed by atoms with E-state index in [-0.39, 0.29) is 58.6 Å². The second-order valence-corrected chi connectivity index (χ2v) is 13.3. The van der Waals surface area contributed by atoms with Crippen LogP contribution in [0.15, 0.2) is 16.9 Å². The second kappa shape index (κ2) is 10.7. The molecule has 0 unspecified atom stereocenters. The van der Waals surface area contributed by atoms with E-state index in [4.69, 9.17) is 21.3 Å². The highest BCUT2D eigenvalue weighted by Crippen LogP contribution is 2.46. The van der Waals surface area contributed by atoms with Crippen molar-refractivity contribution in [1.29, 1.82) is 0 Å². The third-order valence-electron chi connectivity index (χ3n) is 9.56. The lowest BCUT2D eigenvalue weighted by Crippen LogP contribution is -2.44. The molecule has 0 saturated carbocycles. The number of carbonyl (C=O) groups is 2. The number of carbonyl (C=O) groups excluding carboxylic acids is 2. The van der Waals surface area contributed by atoms with E-state index >= 15 is 0 Å². The van der Waals surface area contributed by atoms with E-state index in [1.165, 1.54) is 6.07 Å². The fourth-order valence-electron chi connectivity index (χ4n) is 7.29. The van der Waals surface area contributed by atoms with Crippen molar-refractivity contribution in [2.24, 2.45) is 5.41 Å². The number of aliphatic hydroxyl groups is 1. The van der Waals surface area contributed by atoms with Crippen LogP contribution in [-0.2, 0) is 39.5 Å². The highest BCUT2D eigenvalue weighted by Gasteiger charge is 2.46. The summed E-state index contributed by atoms with van der Waals surface area (Å²) in [6, 6.07) is 2.56. The van der Waals surface area contributed by atoms with Crippen LogP contribution in [0.4, 0.5) is 4.39 Å². The maximum Gasteiger partial charge on any atom is 0.343 e. The molecule has 2 aliphatic heterocycles. The number of aryl methyl sites for hydroxylation is 1. The molecule has 0 radical (unpaired) electrons. The zero-order valence-electron chi connectivity index (χ0n) is 25.0. The molecule has 3 aromatic rings. The molecule has 1 amide bonds. The normalized spacial score (nSPS) is 20.4. The molecule has 3 aliphatic rings. The summed E-state index contributed by atoms with van der Waals surface area (Å²) in [6.07, 6.45) is 5.35. The first-order valence-corrected chi connectivity index (χ1v) is 15.6. The van der Waals surface area contributed by atoms with E-state index in [0.717, 1.165) is 36.8 Å². The summed E-state index contributed by atoms with van der Waals surface area (Å²) in [7, 11) is 0. The van der Waals surface area contributed by atoms with Gasteiger partial charge in [-0.25, -0.2) is 14.2 Å². The Labute approximate surface area is 254 Å². The standard InChI is InChI=1S/C33H37ClFN3O5/c1-5-11-32(3,4)12-7-8-25(39)36-22-10-9-17-26-23(14-21(35)28(17)34)37-29-18(27(22)26)15-38-24(29)13-20-19(30(38)40)16-43-31(41)33(20,42)6-2/h13-14,22,42H,5-12,15-16H2,1-4H3,(H,36,39)/t22-,33-/m0/s1. The van der Waals surface area contributed by atoms with Crippen molar-refractivity contribution in [2.75, 3.05) is 0 Å². The molecule has 2 N–H and O–H groups in total. The third kappa shape index (κ3) is 4.75. The summed E-state index contributed by atoms with van der Waals surface area (Å²) in [5.41, 5.74) is 1.76. The van der Waals surface area contributed by atoms with Crippen molar-refractivity contribution < 1.29 is 23.8 Å². The van der Waals surface area contributed by atoms with Gasteiger partial charge < -0.3 is 19.7 Å². The van der Waals surface area contributed by atoms with Crippen LogP contribution in [0.1, 0.15) is 106 Å². The van der Waals surface area contributed by atoms with Crippen LogP contribution < -0.4 is 10.9 Å². The van der Waals surface area contributed by atoms with Crippen LogP contribution in [0.2, 0.25) is 5.02 Å².